The Morgan fingerprint density at radius 2 is 2.00 bits per heavy atom. The number of aliphatic hydroxyl groups is 1. The minimum absolute atomic E-state index is 0.0653. The maximum atomic E-state index is 12.0. The first-order valence-electron chi connectivity index (χ1n) is 5.18. The van der Waals surface area contributed by atoms with Crippen LogP contribution in [0.2, 0.25) is 0 Å². The molecule has 0 fully saturated rings. The third-order valence-electron chi connectivity index (χ3n) is 2.58. The maximum Gasteiger partial charge on any atom is 0.332 e. The van der Waals surface area contributed by atoms with Crippen LogP contribution in [0.4, 0.5) is 0 Å². The Balaban J connectivity index is 3.60. The molecule has 1 aromatic heterocycles. The largest absolute Gasteiger partial charge is 0.480 e. The first kappa shape index (κ1) is 14.7. The zero-order valence-corrected chi connectivity index (χ0v) is 11.4. The lowest BCUT2D eigenvalue weighted by Crippen LogP contribution is -2.44. The highest BCUT2D eigenvalue weighted by Gasteiger charge is 2.20. The van der Waals surface area contributed by atoms with Crippen molar-refractivity contribution in [2.45, 2.75) is 25.9 Å². The van der Waals surface area contributed by atoms with Gasteiger partial charge in [-0.3, -0.25) is 13.9 Å². The molecule has 7 nitrogen and oxygen atoms in total. The summed E-state index contributed by atoms with van der Waals surface area (Å²) < 4.78 is 1.82. The highest BCUT2D eigenvalue weighted by Crippen LogP contribution is 2.08. The molecule has 0 spiro atoms. The van der Waals surface area contributed by atoms with Crippen LogP contribution in [-0.2, 0) is 4.79 Å². The predicted molar refractivity (Wildman–Crippen MR) is 66.8 cm³/mol. The number of hydrogen-bond acceptors (Lipinski definition) is 4. The zero-order valence-electron chi connectivity index (χ0n) is 9.83. The van der Waals surface area contributed by atoms with E-state index in [0.717, 1.165) is 15.3 Å². The van der Waals surface area contributed by atoms with E-state index >= 15 is 0 Å². The molecule has 2 N–H and O–H groups in total. The second kappa shape index (κ2) is 5.49. The molecule has 2 atom stereocenters. The minimum atomic E-state index is -1.19. The molecule has 0 aromatic carbocycles. The summed E-state index contributed by atoms with van der Waals surface area (Å²) in [6, 6.07) is -1.83. The predicted octanol–water partition coefficient (Wildman–Crippen LogP) is -0.0286. The third kappa shape index (κ3) is 2.54. The van der Waals surface area contributed by atoms with Crippen molar-refractivity contribution in [3.63, 3.8) is 0 Å². The van der Waals surface area contributed by atoms with Gasteiger partial charge in [-0.25, -0.2) is 9.59 Å². The Morgan fingerprint density at radius 1 is 1.44 bits per heavy atom. The van der Waals surface area contributed by atoms with Crippen molar-refractivity contribution in [2.75, 3.05) is 6.61 Å². The molecule has 1 aromatic rings. The maximum absolute atomic E-state index is 12.0. The Labute approximate surface area is 110 Å². The SMILES string of the molecule is CC(C(=O)O)n1cc(Br)c(=O)n(C(C)CO)c1=O. The molecule has 2 unspecified atom stereocenters. The monoisotopic (exact) mass is 320 g/mol. The first-order chi connectivity index (χ1) is 8.31. The van der Waals surface area contributed by atoms with Gasteiger partial charge in [-0.2, -0.15) is 0 Å². The summed E-state index contributed by atoms with van der Waals surface area (Å²) in [7, 11) is 0. The van der Waals surface area contributed by atoms with Gasteiger partial charge in [0, 0.05) is 6.20 Å². The van der Waals surface area contributed by atoms with Crippen LogP contribution < -0.4 is 11.2 Å². The standard InChI is InChI=1S/C10H13BrN2O5/c1-5(4-14)13-8(15)7(11)3-12(10(13)18)6(2)9(16)17/h3,5-6,14H,4H2,1-2H3,(H,16,17). The van der Waals surface area contributed by atoms with Crippen LogP contribution in [0.15, 0.2) is 20.3 Å². The van der Waals surface area contributed by atoms with Gasteiger partial charge < -0.3 is 10.2 Å². The summed E-state index contributed by atoms with van der Waals surface area (Å²) in [5.41, 5.74) is -1.37. The average molecular weight is 321 g/mol. The number of carbonyl (C=O) groups is 1. The van der Waals surface area contributed by atoms with Crippen LogP contribution >= 0.6 is 15.9 Å². The zero-order chi connectivity index (χ0) is 14.0. The highest BCUT2D eigenvalue weighted by molar-refractivity contribution is 9.10. The van der Waals surface area contributed by atoms with Crippen molar-refractivity contribution in [1.82, 2.24) is 9.13 Å². The molecule has 0 saturated heterocycles. The van der Waals surface area contributed by atoms with E-state index in [4.69, 9.17) is 10.2 Å². The van der Waals surface area contributed by atoms with Crippen LogP contribution in [-0.4, -0.2) is 31.9 Å². The molecule has 18 heavy (non-hydrogen) atoms. The molecule has 1 heterocycles. The van der Waals surface area contributed by atoms with Gasteiger partial charge >= 0.3 is 11.7 Å². The highest BCUT2D eigenvalue weighted by atomic mass is 79.9. The number of hydrogen-bond donors (Lipinski definition) is 2. The van der Waals surface area contributed by atoms with E-state index in [1.165, 1.54) is 13.8 Å². The fraction of sp³-hybridized carbons (Fsp3) is 0.500. The molecule has 0 saturated carbocycles. The molecule has 100 valence electrons. The summed E-state index contributed by atoms with van der Waals surface area (Å²) >= 11 is 2.98. The van der Waals surface area contributed by atoms with E-state index in [2.05, 4.69) is 15.9 Å². The van der Waals surface area contributed by atoms with E-state index in [9.17, 15) is 14.4 Å². The third-order valence-corrected chi connectivity index (χ3v) is 3.13. The average Bonchev–Trinajstić information content (AvgIpc) is 2.32. The van der Waals surface area contributed by atoms with Crippen LogP contribution in [0.25, 0.3) is 0 Å². The van der Waals surface area contributed by atoms with Gasteiger partial charge in [-0.15, -0.1) is 0 Å². The number of nitrogens with zero attached hydrogens (tertiary/aromatic N) is 2. The second-order valence-corrected chi connectivity index (χ2v) is 4.74. The summed E-state index contributed by atoms with van der Waals surface area (Å²) in [6.45, 7) is 2.42. The Morgan fingerprint density at radius 3 is 2.44 bits per heavy atom. The Bertz CT molecular complexity index is 577. The molecular formula is C10H13BrN2O5. The Kier molecular flexibility index (Phi) is 4.47. The normalized spacial score (nSPS) is 14.2. The molecule has 0 aliphatic heterocycles. The number of aliphatic carboxylic acids is 1. The number of halogens is 1. The molecule has 0 radical (unpaired) electrons. The number of carboxylic acid groups (broad SMARTS) is 1. The van der Waals surface area contributed by atoms with Gasteiger partial charge in [0.2, 0.25) is 0 Å². The number of carboxylic acids is 1. The lowest BCUT2D eigenvalue weighted by Gasteiger charge is -2.17. The van der Waals surface area contributed by atoms with Gasteiger partial charge in [0.15, 0.2) is 0 Å². The van der Waals surface area contributed by atoms with Crippen LogP contribution in [0.5, 0.6) is 0 Å². The van der Waals surface area contributed by atoms with Gasteiger partial charge in [-0.1, -0.05) is 0 Å². The fourth-order valence-corrected chi connectivity index (χ4v) is 1.84. The van der Waals surface area contributed by atoms with E-state index in [-0.39, 0.29) is 4.47 Å². The van der Waals surface area contributed by atoms with Gasteiger partial charge in [0.1, 0.15) is 6.04 Å². The Hall–Kier alpha value is -1.41. The number of aromatic nitrogens is 2. The van der Waals surface area contributed by atoms with Crippen molar-refractivity contribution < 1.29 is 15.0 Å². The summed E-state index contributed by atoms with van der Waals surface area (Å²) in [6.07, 6.45) is 1.14. The quantitative estimate of drug-likeness (QED) is 0.811. The van der Waals surface area contributed by atoms with Crippen molar-refractivity contribution in [2.24, 2.45) is 0 Å². The first-order valence-corrected chi connectivity index (χ1v) is 5.97. The van der Waals surface area contributed by atoms with Gasteiger partial charge in [-0.05, 0) is 29.8 Å². The molecule has 0 aliphatic rings. The molecule has 0 amide bonds. The van der Waals surface area contributed by atoms with E-state index < -0.39 is 35.9 Å². The van der Waals surface area contributed by atoms with E-state index in [0.29, 0.717) is 0 Å². The van der Waals surface area contributed by atoms with Crippen LogP contribution in [0.1, 0.15) is 25.9 Å². The molecule has 0 bridgehead atoms. The topological polar surface area (TPSA) is 102 Å². The lowest BCUT2D eigenvalue weighted by atomic mass is 10.3. The van der Waals surface area contributed by atoms with E-state index in [1.54, 1.807) is 0 Å². The second-order valence-electron chi connectivity index (χ2n) is 3.89. The number of rotatable bonds is 4. The van der Waals surface area contributed by atoms with E-state index in [1.807, 2.05) is 0 Å². The summed E-state index contributed by atoms with van der Waals surface area (Å²) in [5.74, 6) is -1.19. The molecular weight excluding hydrogens is 308 g/mol. The van der Waals surface area contributed by atoms with Crippen molar-refractivity contribution in [3.05, 3.63) is 31.5 Å². The summed E-state index contributed by atoms with van der Waals surface area (Å²) in [4.78, 5) is 34.7. The van der Waals surface area contributed by atoms with Crippen molar-refractivity contribution >= 4 is 21.9 Å². The molecule has 1 rings (SSSR count). The fourth-order valence-electron chi connectivity index (χ4n) is 1.43. The van der Waals surface area contributed by atoms with Crippen molar-refractivity contribution in [3.8, 4) is 0 Å². The van der Waals surface area contributed by atoms with Gasteiger partial charge in [0.05, 0.1) is 17.1 Å². The summed E-state index contributed by atoms with van der Waals surface area (Å²) in [5, 5.41) is 17.9. The molecule has 0 aliphatic carbocycles. The molecule has 8 heteroatoms. The van der Waals surface area contributed by atoms with Gasteiger partial charge in [0.25, 0.3) is 5.56 Å². The lowest BCUT2D eigenvalue weighted by molar-refractivity contribution is -0.140. The smallest absolute Gasteiger partial charge is 0.332 e. The van der Waals surface area contributed by atoms with Crippen LogP contribution in [0.3, 0.4) is 0 Å². The minimum Gasteiger partial charge on any atom is -0.480 e. The van der Waals surface area contributed by atoms with Crippen LogP contribution in [0, 0.1) is 0 Å². The number of aliphatic hydroxyl groups excluding tert-OH is 1. The van der Waals surface area contributed by atoms with Crippen molar-refractivity contribution in [1.29, 1.82) is 0 Å².